The van der Waals surface area contributed by atoms with E-state index in [1.165, 1.54) is 0 Å². The first kappa shape index (κ1) is 20.2. The van der Waals surface area contributed by atoms with Gasteiger partial charge in [0.05, 0.1) is 22.3 Å². The number of allylic oxidation sites excluding steroid dienone is 2. The Hall–Kier alpha value is -3.08. The lowest BCUT2D eigenvalue weighted by molar-refractivity contribution is 0.240. The number of hydrogen-bond donors (Lipinski definition) is 0. The van der Waals surface area contributed by atoms with E-state index < -0.39 is 0 Å². The van der Waals surface area contributed by atoms with E-state index in [0.29, 0.717) is 5.39 Å². The van der Waals surface area contributed by atoms with E-state index in [4.69, 9.17) is 4.98 Å². The van der Waals surface area contributed by atoms with Crippen molar-refractivity contribution in [2.24, 2.45) is 10.4 Å². The SMILES string of the molecule is CC/C=C\C(=NC)c1ccc(-c2ccc3c(=O)n4c(nc3c2)CCC(C)(C)C4)cn1. The van der Waals surface area contributed by atoms with Crippen molar-refractivity contribution < 1.29 is 0 Å². The van der Waals surface area contributed by atoms with Gasteiger partial charge in [0.2, 0.25) is 0 Å². The van der Waals surface area contributed by atoms with Crippen LogP contribution in [-0.4, -0.2) is 27.3 Å². The zero-order valence-corrected chi connectivity index (χ0v) is 18.1. The van der Waals surface area contributed by atoms with Crippen molar-refractivity contribution in [2.75, 3.05) is 7.05 Å². The molecule has 5 heteroatoms. The van der Waals surface area contributed by atoms with Crippen molar-refractivity contribution in [2.45, 2.75) is 46.6 Å². The summed E-state index contributed by atoms with van der Waals surface area (Å²) in [5.74, 6) is 0.893. The Balaban J connectivity index is 1.71. The summed E-state index contributed by atoms with van der Waals surface area (Å²) < 4.78 is 1.86. The van der Waals surface area contributed by atoms with Crippen molar-refractivity contribution in [1.29, 1.82) is 0 Å². The highest BCUT2D eigenvalue weighted by Crippen LogP contribution is 2.30. The van der Waals surface area contributed by atoms with Crippen molar-refractivity contribution >= 4 is 16.6 Å². The Labute approximate surface area is 177 Å². The van der Waals surface area contributed by atoms with Crippen LogP contribution in [0.15, 0.2) is 58.5 Å². The Morgan fingerprint density at radius 2 is 2.03 bits per heavy atom. The summed E-state index contributed by atoms with van der Waals surface area (Å²) in [6, 6.07) is 9.90. The number of aromatic nitrogens is 3. The minimum absolute atomic E-state index is 0.0642. The summed E-state index contributed by atoms with van der Waals surface area (Å²) in [6.07, 6.45) is 8.78. The first-order valence-electron chi connectivity index (χ1n) is 10.6. The average molecular weight is 401 g/mol. The van der Waals surface area contributed by atoms with Crippen LogP contribution < -0.4 is 5.56 Å². The van der Waals surface area contributed by atoms with Crippen LogP contribution in [-0.2, 0) is 13.0 Å². The maximum Gasteiger partial charge on any atom is 0.261 e. The zero-order chi connectivity index (χ0) is 21.3. The summed E-state index contributed by atoms with van der Waals surface area (Å²) >= 11 is 0. The number of nitrogens with zero attached hydrogens (tertiary/aromatic N) is 4. The lowest BCUT2D eigenvalue weighted by atomic mass is 9.85. The molecule has 1 aromatic carbocycles. The molecule has 5 nitrogen and oxygen atoms in total. The van der Waals surface area contributed by atoms with E-state index in [1.807, 2.05) is 47.2 Å². The van der Waals surface area contributed by atoms with Gasteiger partial charge in [0.1, 0.15) is 5.82 Å². The predicted molar refractivity (Wildman–Crippen MR) is 123 cm³/mol. The second-order valence-electron chi connectivity index (χ2n) is 8.67. The van der Waals surface area contributed by atoms with Gasteiger partial charge in [-0.25, -0.2) is 4.98 Å². The molecule has 0 fully saturated rings. The molecule has 0 saturated heterocycles. The smallest absolute Gasteiger partial charge is 0.261 e. The van der Waals surface area contributed by atoms with Crippen LogP contribution in [0.2, 0.25) is 0 Å². The van der Waals surface area contributed by atoms with E-state index in [2.05, 4.69) is 36.8 Å². The van der Waals surface area contributed by atoms with Crippen molar-refractivity contribution in [3.8, 4) is 11.1 Å². The third kappa shape index (κ3) is 3.84. The lowest BCUT2D eigenvalue weighted by Gasteiger charge is -2.31. The molecule has 1 aliphatic heterocycles. The molecular weight excluding hydrogens is 372 g/mol. The Morgan fingerprint density at radius 3 is 2.73 bits per heavy atom. The summed E-state index contributed by atoms with van der Waals surface area (Å²) in [4.78, 5) is 26.8. The highest BCUT2D eigenvalue weighted by atomic mass is 16.1. The highest BCUT2D eigenvalue weighted by molar-refractivity contribution is 6.07. The number of hydrogen-bond acceptors (Lipinski definition) is 4. The van der Waals surface area contributed by atoms with Crippen LogP contribution in [0.3, 0.4) is 0 Å². The fraction of sp³-hybridized carbons (Fsp3) is 0.360. The standard InChI is InChI=1S/C25H28N4O/c1-5-6-7-20(26-4)21-11-9-18(15-27-21)17-8-10-19-22(14-17)28-23-12-13-25(2,3)16-29(23)24(19)30/h6-11,14-15H,5,12-13,16H2,1-4H3/b7-6-,26-20?. The number of aryl methyl sites for hydroxylation is 1. The molecular formula is C25H28N4O. The van der Waals surface area contributed by atoms with E-state index in [9.17, 15) is 4.79 Å². The van der Waals surface area contributed by atoms with Crippen LogP contribution >= 0.6 is 0 Å². The van der Waals surface area contributed by atoms with Crippen molar-refractivity contribution in [3.05, 3.63) is 70.6 Å². The molecule has 154 valence electrons. The molecule has 0 unspecified atom stereocenters. The molecule has 0 radical (unpaired) electrons. The third-order valence-corrected chi connectivity index (χ3v) is 5.76. The van der Waals surface area contributed by atoms with Gasteiger partial charge >= 0.3 is 0 Å². The summed E-state index contributed by atoms with van der Waals surface area (Å²) in [7, 11) is 1.78. The fourth-order valence-corrected chi connectivity index (χ4v) is 3.98. The summed E-state index contributed by atoms with van der Waals surface area (Å²) in [5, 5.41) is 0.676. The Bertz CT molecular complexity index is 1200. The van der Waals surface area contributed by atoms with Gasteiger partial charge in [-0.15, -0.1) is 0 Å². The van der Waals surface area contributed by atoms with Crippen LogP contribution in [0.25, 0.3) is 22.0 Å². The maximum atomic E-state index is 13.0. The molecule has 3 aromatic rings. The maximum absolute atomic E-state index is 13.0. The molecule has 0 atom stereocenters. The van der Waals surface area contributed by atoms with Gasteiger partial charge in [0.15, 0.2) is 0 Å². The second kappa shape index (κ2) is 7.98. The molecule has 0 amide bonds. The van der Waals surface area contributed by atoms with Crippen molar-refractivity contribution in [3.63, 3.8) is 0 Å². The molecule has 0 N–H and O–H groups in total. The van der Waals surface area contributed by atoms with Gasteiger partial charge in [-0.05, 0) is 48.1 Å². The average Bonchev–Trinajstić information content (AvgIpc) is 2.75. The zero-order valence-electron chi connectivity index (χ0n) is 18.1. The molecule has 0 aliphatic carbocycles. The van der Waals surface area contributed by atoms with Crippen LogP contribution in [0.5, 0.6) is 0 Å². The second-order valence-corrected chi connectivity index (χ2v) is 8.67. The number of pyridine rings is 1. The van der Waals surface area contributed by atoms with Gasteiger partial charge in [0, 0.05) is 31.8 Å². The molecule has 30 heavy (non-hydrogen) atoms. The summed E-state index contributed by atoms with van der Waals surface area (Å²) in [6.45, 7) is 7.24. The first-order chi connectivity index (χ1) is 14.4. The number of benzene rings is 1. The largest absolute Gasteiger partial charge is 0.296 e. The van der Waals surface area contributed by atoms with Crippen molar-refractivity contribution in [1.82, 2.24) is 14.5 Å². The van der Waals surface area contributed by atoms with E-state index in [1.54, 1.807) is 7.05 Å². The van der Waals surface area contributed by atoms with Crippen LogP contribution in [0, 0.1) is 5.41 Å². The normalized spacial score (nSPS) is 16.2. The molecule has 4 rings (SSSR count). The number of aliphatic imine (C=N–C) groups is 1. The fourth-order valence-electron chi connectivity index (χ4n) is 3.98. The Kier molecular flexibility index (Phi) is 5.37. The lowest BCUT2D eigenvalue weighted by Crippen LogP contribution is -2.36. The monoisotopic (exact) mass is 400 g/mol. The molecule has 1 aliphatic rings. The van der Waals surface area contributed by atoms with Crippen LogP contribution in [0.4, 0.5) is 0 Å². The van der Waals surface area contributed by atoms with Gasteiger partial charge in [-0.2, -0.15) is 0 Å². The van der Waals surface area contributed by atoms with Crippen LogP contribution in [0.1, 0.15) is 45.1 Å². The quantitative estimate of drug-likeness (QED) is 0.590. The Morgan fingerprint density at radius 1 is 1.23 bits per heavy atom. The molecule has 0 bridgehead atoms. The first-order valence-corrected chi connectivity index (χ1v) is 10.6. The van der Waals surface area contributed by atoms with E-state index >= 15 is 0 Å². The topological polar surface area (TPSA) is 60.1 Å². The van der Waals surface area contributed by atoms with E-state index in [0.717, 1.165) is 59.7 Å². The summed E-state index contributed by atoms with van der Waals surface area (Å²) in [5.41, 5.74) is 4.67. The predicted octanol–water partition coefficient (Wildman–Crippen LogP) is 4.82. The van der Waals surface area contributed by atoms with Gasteiger partial charge in [-0.1, -0.05) is 39.0 Å². The van der Waals surface area contributed by atoms with Gasteiger partial charge in [0.25, 0.3) is 5.56 Å². The molecule has 3 heterocycles. The number of fused-ring (bicyclic) bond motifs is 2. The van der Waals surface area contributed by atoms with Gasteiger partial charge < -0.3 is 0 Å². The molecule has 0 saturated carbocycles. The highest BCUT2D eigenvalue weighted by Gasteiger charge is 2.27. The van der Waals surface area contributed by atoms with E-state index in [-0.39, 0.29) is 11.0 Å². The minimum Gasteiger partial charge on any atom is -0.296 e. The minimum atomic E-state index is 0.0642. The van der Waals surface area contributed by atoms with Gasteiger partial charge in [-0.3, -0.25) is 19.3 Å². The number of rotatable bonds is 4. The molecule has 0 spiro atoms. The third-order valence-electron chi connectivity index (χ3n) is 5.76. The molecule has 2 aromatic heterocycles.